The number of aromatic nitrogens is 8. The van der Waals surface area contributed by atoms with Gasteiger partial charge >= 0.3 is 47.8 Å². The first kappa shape index (κ1) is 94.5. The predicted molar refractivity (Wildman–Crippen MR) is 501 cm³/mol. The van der Waals surface area contributed by atoms with Crippen LogP contribution in [0.3, 0.4) is 0 Å². The Labute approximate surface area is 769 Å². The number of nitrogens with zero attached hydrogens (tertiary/aromatic N) is 12. The predicted octanol–water partition coefficient (Wildman–Crippen LogP) is 19.3. The molecule has 0 radical (unpaired) electrons. The minimum atomic E-state index is -1.42. The molecular weight excluding hydrogens is 1760 g/mol. The van der Waals surface area contributed by atoms with Crippen LogP contribution in [-0.2, 0) is 0 Å². The van der Waals surface area contributed by atoms with Gasteiger partial charge in [-0.25, -0.2) is 74.6 Å². The van der Waals surface area contributed by atoms with Gasteiger partial charge in [0.2, 0.25) is 0 Å². The number of hydrogen-bond acceptors (Lipinski definition) is 20. The van der Waals surface area contributed by atoms with Crippen LogP contribution in [0.1, 0.15) is 127 Å². The molecule has 0 aliphatic rings. The lowest BCUT2D eigenvalue weighted by molar-refractivity contribution is 0.0686. The van der Waals surface area contributed by atoms with Gasteiger partial charge in [0, 0.05) is 69.3 Å². The minimum Gasteiger partial charge on any atom is -0.478 e. The molecule has 4 aromatic heterocycles. The lowest BCUT2D eigenvalue weighted by atomic mass is 10.1. The van der Waals surface area contributed by atoms with Crippen molar-refractivity contribution in [2.45, 2.75) is 27.7 Å². The number of aromatic carboxylic acids is 8. The maximum Gasteiger partial charge on any atom is 0.335 e. The summed E-state index contributed by atoms with van der Waals surface area (Å²) in [6, 6.07) is 70.7. The fourth-order valence-corrected chi connectivity index (χ4v) is 12.9. The molecule has 12 N–H and O–H groups in total. The summed E-state index contributed by atoms with van der Waals surface area (Å²) in [7, 11) is 0. The second-order valence-electron chi connectivity index (χ2n) is 29.8. The van der Waals surface area contributed by atoms with Crippen LogP contribution in [0.25, 0.3) is 67.8 Å². The van der Waals surface area contributed by atoms with Gasteiger partial charge in [0.15, 0.2) is 17.5 Å². The van der Waals surface area contributed by atoms with E-state index in [1.165, 1.54) is 158 Å². The van der Waals surface area contributed by atoms with Gasteiger partial charge in [0.1, 0.15) is 34.3 Å². The van der Waals surface area contributed by atoms with Crippen LogP contribution < -0.4 is 21.7 Å². The molecule has 12 aromatic carbocycles. The normalized spacial score (nSPS) is 11.0. The fraction of sp³-hybridized carbons (Fsp3) is 0.0400. The molecule has 0 saturated heterocycles. The largest absolute Gasteiger partial charge is 0.478 e. The van der Waals surface area contributed by atoms with E-state index in [-0.39, 0.29) is 55.8 Å². The van der Waals surface area contributed by atoms with Crippen LogP contribution in [0.15, 0.2) is 312 Å². The Morgan fingerprint density at radius 3 is 0.757 bits per heavy atom. The minimum absolute atomic E-state index is 0.0618. The van der Waals surface area contributed by atoms with Gasteiger partial charge in [-0.05, 0) is 227 Å². The van der Waals surface area contributed by atoms with Gasteiger partial charge in [-0.15, -0.1) is 0 Å². The highest BCUT2D eigenvalue weighted by atomic mass is 19.2. The van der Waals surface area contributed by atoms with Gasteiger partial charge in [-0.2, -0.15) is 40.8 Å². The van der Waals surface area contributed by atoms with Crippen molar-refractivity contribution in [1.82, 2.24) is 39.1 Å². The zero-order valence-corrected chi connectivity index (χ0v) is 71.7. The Hall–Kier alpha value is -19.2. The third kappa shape index (κ3) is 23.8. The van der Waals surface area contributed by atoms with E-state index in [0.29, 0.717) is 78.9 Å². The third-order valence-electron chi connectivity index (χ3n) is 20.2. The highest BCUT2D eigenvalue weighted by Gasteiger charge is 2.22. The summed E-state index contributed by atoms with van der Waals surface area (Å²) in [5, 5.41) is 108. The van der Waals surface area contributed by atoms with Crippen LogP contribution >= 0.6 is 0 Å². The van der Waals surface area contributed by atoms with E-state index < -0.39 is 76.7 Å². The lowest BCUT2D eigenvalue weighted by Crippen LogP contribution is -2.02. The quantitative estimate of drug-likeness (QED) is 0.00938. The smallest absolute Gasteiger partial charge is 0.335 e. The Morgan fingerprint density at radius 1 is 0.272 bits per heavy atom. The maximum atomic E-state index is 14.3. The van der Waals surface area contributed by atoms with E-state index in [2.05, 4.69) is 62.5 Å². The van der Waals surface area contributed by atoms with Crippen molar-refractivity contribution >= 4 is 95.4 Å². The topological polar surface area (TPSA) is 467 Å². The third-order valence-corrected chi connectivity index (χ3v) is 20.2. The second-order valence-corrected chi connectivity index (χ2v) is 29.8. The summed E-state index contributed by atoms with van der Waals surface area (Å²) in [5.74, 6) is -12.4. The number of anilines is 4. The molecule has 32 nitrogen and oxygen atoms in total. The Morgan fingerprint density at radius 2 is 0.507 bits per heavy atom. The lowest BCUT2D eigenvalue weighted by Gasteiger charge is -2.07. The standard InChI is InChI=1S/C25H17F3N4O4.C25H19FN4O4.2C25H20N4O4/c1-13-10-19(26)21(28)23(20(13)27)30-29-11-17-12-32(18-8-6-16(7-9-18)25(35)36)31-22(17)14-2-4-15(5-3-14)24(33)34;1-15-2-11-22(21(26)12-15)28-27-13-19-14-30(20-9-7-18(8-10-20)25(33)34)29-23(19)16-3-5-17(6-4-16)24(31)32;2*1-16-2-10-21(11-3-16)27-26-14-20-15-29(22-12-8-19(9-13-22)25(32)33)28-23(20)17-4-6-18(7-5-17)24(30)31/h2-12,30H,1H3,(H,33,34)(H,35,36);2-14,28H,1H3,(H,31,32)(H,33,34);2*2-15,27H,1H3,(H,30,31)(H,32,33)/b29-11+;27-13+;2*26-14+. The van der Waals surface area contributed by atoms with Crippen molar-refractivity contribution in [1.29, 1.82) is 0 Å². The molecule has 36 heteroatoms. The van der Waals surface area contributed by atoms with Gasteiger partial charge in [0.05, 0.1) is 109 Å². The molecule has 680 valence electrons. The molecule has 0 amide bonds. The average molecular weight is 1830 g/mol. The molecule has 0 bridgehead atoms. The number of carboxylic acid groups (broad SMARTS) is 8. The first-order chi connectivity index (χ1) is 65.3. The highest BCUT2D eigenvalue weighted by Crippen LogP contribution is 2.32. The van der Waals surface area contributed by atoms with Crippen molar-refractivity contribution in [3.8, 4) is 67.8 Å². The number of carbonyl (C=O) groups is 8. The van der Waals surface area contributed by atoms with Crippen LogP contribution in [0.5, 0.6) is 0 Å². The van der Waals surface area contributed by atoms with Gasteiger partial charge < -0.3 is 40.9 Å². The molecule has 16 aromatic rings. The van der Waals surface area contributed by atoms with E-state index in [9.17, 15) is 55.9 Å². The first-order valence-corrected chi connectivity index (χ1v) is 40.6. The van der Waals surface area contributed by atoms with Crippen LogP contribution in [-0.4, -0.2) is 153 Å². The molecule has 0 unspecified atom stereocenters. The monoisotopic (exact) mass is 1830 g/mol. The number of benzene rings is 12. The number of carboxylic acids is 8. The van der Waals surface area contributed by atoms with Gasteiger partial charge in [0.25, 0.3) is 0 Å². The summed E-state index contributed by atoms with van der Waals surface area (Å²) >= 11 is 0. The summed E-state index contributed by atoms with van der Waals surface area (Å²) in [4.78, 5) is 89.3. The molecule has 4 heterocycles. The summed E-state index contributed by atoms with van der Waals surface area (Å²) in [6.45, 7) is 7.08. The molecule has 0 aliphatic carbocycles. The van der Waals surface area contributed by atoms with Crippen molar-refractivity contribution in [3.63, 3.8) is 0 Å². The van der Waals surface area contributed by atoms with Crippen LogP contribution in [0, 0.1) is 51.0 Å². The van der Waals surface area contributed by atoms with Crippen molar-refractivity contribution < 1.29 is 96.8 Å². The zero-order valence-electron chi connectivity index (χ0n) is 71.7. The molecule has 0 saturated carbocycles. The van der Waals surface area contributed by atoms with Crippen LogP contribution in [0.2, 0.25) is 0 Å². The van der Waals surface area contributed by atoms with Gasteiger partial charge in [-0.1, -0.05) is 90.0 Å². The van der Waals surface area contributed by atoms with E-state index in [4.69, 9.17) is 40.9 Å². The number of nitrogens with one attached hydrogen (secondary N) is 4. The van der Waals surface area contributed by atoms with E-state index in [1.54, 1.807) is 137 Å². The highest BCUT2D eigenvalue weighted by molar-refractivity contribution is 5.97. The van der Waals surface area contributed by atoms with Crippen molar-refractivity contribution in [2.75, 3.05) is 21.7 Å². The SMILES string of the molecule is Cc1cc(F)c(F)c(N/N=C/c2cn(-c3ccc(C(=O)O)cc3)nc2-c2ccc(C(=O)O)cc2)c1F.Cc1ccc(N/N=C/c2cn(-c3ccc(C(=O)O)cc3)nc2-c2ccc(C(=O)O)cc2)c(F)c1.Cc1ccc(N/N=C/c2cn(-c3ccc(C(=O)O)cc3)nc2-c2ccc(C(=O)O)cc2)cc1.Cc1ccc(N/N=C/c2cn(-c3ccc(C(=O)O)cc3)nc2-c2ccc(C(=O)O)cc2)cc1. The molecule has 0 atom stereocenters. The van der Waals surface area contributed by atoms with E-state index in [0.717, 1.165) is 45.3 Å². The fourth-order valence-electron chi connectivity index (χ4n) is 12.9. The molecular formula is C100H76F4N16O16. The number of hydrazone groups is 4. The Balaban J connectivity index is 0.000000153. The molecule has 0 spiro atoms. The summed E-state index contributed by atoms with van der Waals surface area (Å²) < 4.78 is 62.4. The second kappa shape index (κ2) is 42.8. The summed E-state index contributed by atoms with van der Waals surface area (Å²) in [6.07, 6.45) is 12.7. The average Bonchev–Trinajstić information content (AvgIpc) is 1.69. The molecule has 0 fully saturated rings. The van der Waals surface area contributed by atoms with E-state index in [1.807, 2.05) is 62.4 Å². The molecule has 0 aliphatic heterocycles. The number of aryl methyl sites for hydroxylation is 4. The van der Waals surface area contributed by atoms with Gasteiger partial charge in [-0.3, -0.25) is 21.7 Å². The zero-order chi connectivity index (χ0) is 97.0. The Bertz CT molecular complexity index is 7040. The Kier molecular flexibility index (Phi) is 29.8. The van der Waals surface area contributed by atoms with Crippen molar-refractivity contribution in [2.24, 2.45) is 20.4 Å². The first-order valence-electron chi connectivity index (χ1n) is 40.6. The van der Waals surface area contributed by atoms with Crippen molar-refractivity contribution in [3.05, 3.63) is 404 Å². The summed E-state index contributed by atoms with van der Waals surface area (Å²) in [5.41, 5.74) is 25.5. The molecule has 136 heavy (non-hydrogen) atoms. The number of rotatable bonds is 28. The number of hydrogen-bond donors (Lipinski definition) is 12. The molecule has 16 rings (SSSR count). The van der Waals surface area contributed by atoms with E-state index >= 15 is 0 Å². The van der Waals surface area contributed by atoms with Crippen LogP contribution in [0.4, 0.5) is 40.3 Å². The maximum absolute atomic E-state index is 14.3. The number of halogens is 4.